The SMILES string of the molecule is COCCCN1C(=O)c2ccc(C(=O)OCc3csc(-c4cccc(OC)c4OC)n3)cc2C1=O. The van der Waals surface area contributed by atoms with Gasteiger partial charge >= 0.3 is 5.97 Å². The van der Waals surface area contributed by atoms with Gasteiger partial charge in [-0.15, -0.1) is 11.3 Å². The molecule has 2 heterocycles. The first-order chi connectivity index (χ1) is 17.0. The summed E-state index contributed by atoms with van der Waals surface area (Å²) in [5, 5.41) is 2.49. The van der Waals surface area contributed by atoms with Crippen LogP contribution in [-0.4, -0.2) is 62.1 Å². The first kappa shape index (κ1) is 24.4. The number of para-hydroxylation sites is 1. The third-order valence-corrected chi connectivity index (χ3v) is 6.40. The van der Waals surface area contributed by atoms with Gasteiger partial charge in [-0.25, -0.2) is 9.78 Å². The smallest absolute Gasteiger partial charge is 0.338 e. The molecule has 1 aromatic heterocycles. The molecule has 0 fully saturated rings. The quantitative estimate of drug-likeness (QED) is 0.237. The topological polar surface area (TPSA) is 104 Å². The van der Waals surface area contributed by atoms with Gasteiger partial charge in [-0.1, -0.05) is 6.07 Å². The van der Waals surface area contributed by atoms with Gasteiger partial charge in [0.05, 0.1) is 42.2 Å². The average molecular weight is 497 g/mol. The number of carbonyl (C=O) groups is 3. The van der Waals surface area contributed by atoms with Gasteiger partial charge in [0, 0.05) is 25.6 Å². The van der Waals surface area contributed by atoms with E-state index < -0.39 is 11.9 Å². The maximum absolute atomic E-state index is 12.7. The lowest BCUT2D eigenvalue weighted by Crippen LogP contribution is -2.31. The Balaban J connectivity index is 1.44. The molecule has 35 heavy (non-hydrogen) atoms. The number of carbonyl (C=O) groups excluding carboxylic acids is 3. The summed E-state index contributed by atoms with van der Waals surface area (Å²) in [6.45, 7) is 0.646. The molecule has 0 radical (unpaired) electrons. The van der Waals surface area contributed by atoms with Gasteiger partial charge in [0.2, 0.25) is 0 Å². The first-order valence-electron chi connectivity index (χ1n) is 10.8. The maximum atomic E-state index is 12.7. The predicted octanol–water partition coefficient (Wildman–Crippen LogP) is 3.82. The highest BCUT2D eigenvalue weighted by atomic mass is 32.1. The number of thiazole rings is 1. The van der Waals surface area contributed by atoms with Crippen LogP contribution < -0.4 is 9.47 Å². The van der Waals surface area contributed by atoms with Gasteiger partial charge in [0.1, 0.15) is 11.6 Å². The molecule has 4 rings (SSSR count). The molecule has 0 bridgehead atoms. The Kier molecular flexibility index (Phi) is 7.42. The van der Waals surface area contributed by atoms with Crippen LogP contribution in [0.15, 0.2) is 41.8 Å². The molecule has 2 aromatic carbocycles. The molecule has 0 N–H and O–H groups in total. The summed E-state index contributed by atoms with van der Waals surface area (Å²) in [6, 6.07) is 9.89. The van der Waals surface area contributed by atoms with Gasteiger partial charge in [0.25, 0.3) is 11.8 Å². The zero-order chi connectivity index (χ0) is 24.9. The van der Waals surface area contributed by atoms with Crippen LogP contribution >= 0.6 is 11.3 Å². The van der Waals surface area contributed by atoms with Crippen molar-refractivity contribution >= 4 is 29.1 Å². The van der Waals surface area contributed by atoms with Gasteiger partial charge in [-0.2, -0.15) is 0 Å². The van der Waals surface area contributed by atoms with Gasteiger partial charge in [-0.3, -0.25) is 14.5 Å². The Bertz CT molecular complexity index is 1270. The van der Waals surface area contributed by atoms with Crippen LogP contribution in [0.5, 0.6) is 11.5 Å². The number of hydrogen-bond donors (Lipinski definition) is 0. The van der Waals surface area contributed by atoms with Crippen LogP contribution in [0.25, 0.3) is 10.6 Å². The van der Waals surface area contributed by atoms with E-state index in [-0.39, 0.29) is 35.7 Å². The number of amides is 2. The Hall–Kier alpha value is -3.76. The number of rotatable bonds is 10. The molecule has 0 unspecified atom stereocenters. The second-order valence-corrected chi connectivity index (χ2v) is 8.49. The van der Waals surface area contributed by atoms with E-state index in [1.807, 2.05) is 12.1 Å². The fourth-order valence-electron chi connectivity index (χ4n) is 3.76. The van der Waals surface area contributed by atoms with E-state index in [1.54, 1.807) is 32.8 Å². The minimum atomic E-state index is -0.612. The first-order valence-corrected chi connectivity index (χ1v) is 11.7. The van der Waals surface area contributed by atoms with Crippen LogP contribution in [0.2, 0.25) is 0 Å². The fourth-order valence-corrected chi connectivity index (χ4v) is 4.59. The summed E-state index contributed by atoms with van der Waals surface area (Å²) >= 11 is 1.39. The Morgan fingerprint density at radius 3 is 2.54 bits per heavy atom. The van der Waals surface area contributed by atoms with Crippen molar-refractivity contribution in [3.63, 3.8) is 0 Å². The Morgan fingerprint density at radius 1 is 1.00 bits per heavy atom. The average Bonchev–Trinajstić information content (AvgIpc) is 3.45. The van der Waals surface area contributed by atoms with Crippen LogP contribution in [-0.2, 0) is 16.1 Å². The van der Waals surface area contributed by atoms with E-state index in [2.05, 4.69) is 4.98 Å². The van der Waals surface area contributed by atoms with Crippen molar-refractivity contribution in [2.75, 3.05) is 34.5 Å². The van der Waals surface area contributed by atoms with Gasteiger partial charge < -0.3 is 18.9 Å². The number of benzene rings is 2. The van der Waals surface area contributed by atoms with Crippen molar-refractivity contribution in [2.24, 2.45) is 0 Å². The highest BCUT2D eigenvalue weighted by Gasteiger charge is 2.35. The van der Waals surface area contributed by atoms with Gasteiger partial charge in [-0.05, 0) is 36.8 Å². The second-order valence-electron chi connectivity index (χ2n) is 7.63. The zero-order valence-corrected chi connectivity index (χ0v) is 20.3. The summed E-state index contributed by atoms with van der Waals surface area (Å²) < 4.78 is 21.2. The van der Waals surface area contributed by atoms with Crippen LogP contribution in [0.3, 0.4) is 0 Å². The summed E-state index contributed by atoms with van der Waals surface area (Å²) in [4.78, 5) is 43.6. The summed E-state index contributed by atoms with van der Waals surface area (Å²) in [5.74, 6) is -0.243. The minimum Gasteiger partial charge on any atom is -0.493 e. The van der Waals surface area contributed by atoms with Crippen LogP contribution in [0.4, 0.5) is 0 Å². The van der Waals surface area contributed by atoms with E-state index in [0.29, 0.717) is 35.2 Å². The molecular formula is C25H24N2O7S. The number of esters is 1. The molecule has 3 aromatic rings. The van der Waals surface area contributed by atoms with E-state index >= 15 is 0 Å². The lowest BCUT2D eigenvalue weighted by Gasteiger charge is -2.12. The van der Waals surface area contributed by atoms with Crippen molar-refractivity contribution in [3.8, 4) is 22.1 Å². The summed E-state index contributed by atoms with van der Waals surface area (Å²) in [7, 11) is 4.68. The van der Waals surface area contributed by atoms with Gasteiger partial charge in [0.15, 0.2) is 11.5 Å². The Morgan fingerprint density at radius 2 is 1.80 bits per heavy atom. The molecule has 0 spiro atoms. The summed E-state index contributed by atoms with van der Waals surface area (Å²) in [5.41, 5.74) is 2.00. The van der Waals surface area contributed by atoms with Crippen molar-refractivity contribution in [1.29, 1.82) is 0 Å². The molecule has 0 saturated carbocycles. The largest absolute Gasteiger partial charge is 0.493 e. The van der Waals surface area contributed by atoms with E-state index in [9.17, 15) is 14.4 Å². The molecule has 0 aliphatic carbocycles. The number of imide groups is 1. The van der Waals surface area contributed by atoms with Crippen LogP contribution in [0, 0.1) is 0 Å². The third kappa shape index (κ3) is 4.89. The highest BCUT2D eigenvalue weighted by molar-refractivity contribution is 7.13. The number of aromatic nitrogens is 1. The Labute approximate surface area is 206 Å². The molecule has 2 amide bonds. The highest BCUT2D eigenvalue weighted by Crippen LogP contribution is 2.39. The monoisotopic (exact) mass is 496 g/mol. The number of methoxy groups -OCH3 is 3. The molecule has 1 aliphatic heterocycles. The molecule has 9 nitrogen and oxygen atoms in total. The predicted molar refractivity (Wildman–Crippen MR) is 128 cm³/mol. The van der Waals surface area contributed by atoms with Crippen molar-refractivity contribution in [1.82, 2.24) is 9.88 Å². The van der Waals surface area contributed by atoms with Crippen LogP contribution in [0.1, 0.15) is 43.2 Å². The summed E-state index contributed by atoms with van der Waals surface area (Å²) in [6.07, 6.45) is 0.536. The lowest BCUT2D eigenvalue weighted by molar-refractivity contribution is 0.0468. The maximum Gasteiger partial charge on any atom is 0.338 e. The van der Waals surface area contributed by atoms with E-state index in [4.69, 9.17) is 18.9 Å². The molecule has 0 atom stereocenters. The number of ether oxygens (including phenoxy) is 4. The minimum absolute atomic E-state index is 0.0469. The molecule has 10 heteroatoms. The molecule has 1 aliphatic rings. The van der Waals surface area contributed by atoms with Crippen molar-refractivity contribution in [2.45, 2.75) is 13.0 Å². The van der Waals surface area contributed by atoms with E-state index in [0.717, 1.165) is 5.56 Å². The number of fused-ring (bicyclic) bond motifs is 1. The van der Waals surface area contributed by atoms with Crippen molar-refractivity contribution in [3.05, 3.63) is 64.2 Å². The third-order valence-electron chi connectivity index (χ3n) is 5.47. The number of hydrogen-bond acceptors (Lipinski definition) is 9. The van der Waals surface area contributed by atoms with Crippen molar-refractivity contribution < 1.29 is 33.3 Å². The van der Waals surface area contributed by atoms with E-state index in [1.165, 1.54) is 34.4 Å². The normalized spacial score (nSPS) is 12.6. The second kappa shape index (κ2) is 10.7. The lowest BCUT2D eigenvalue weighted by atomic mass is 10.1. The standard InChI is InChI=1S/C25H24N2O7S/c1-31-11-5-10-27-23(28)17-9-8-15(12-19(17)24(27)29)25(30)34-13-16-14-35-22(26-16)18-6-4-7-20(32-2)21(18)33-3/h4,6-9,12,14H,5,10-11,13H2,1-3H3. The zero-order valence-electron chi connectivity index (χ0n) is 19.5. The molecule has 182 valence electrons. The number of nitrogens with zero attached hydrogens (tertiary/aromatic N) is 2. The molecular weight excluding hydrogens is 472 g/mol. The molecule has 0 saturated heterocycles. The fraction of sp³-hybridized carbons (Fsp3) is 0.280.